The molecule has 1 aliphatic rings. The Morgan fingerprint density at radius 1 is 1.00 bits per heavy atom. The predicted octanol–water partition coefficient (Wildman–Crippen LogP) is 2.35. The molecule has 4 nitrogen and oxygen atoms in total. The fraction of sp³-hybridized carbons (Fsp3) is 0.250. The van der Waals surface area contributed by atoms with E-state index in [0.29, 0.717) is 0 Å². The van der Waals surface area contributed by atoms with Gasteiger partial charge < -0.3 is 0 Å². The molecule has 0 saturated heterocycles. The monoisotopic (exact) mass is 304 g/mol. The van der Waals surface area contributed by atoms with Crippen molar-refractivity contribution < 1.29 is 18.0 Å². The van der Waals surface area contributed by atoms with Crippen LogP contribution in [0.3, 0.4) is 0 Å². The number of carbonyl (C=O) groups is 2. The second-order valence-corrected chi connectivity index (χ2v) is 7.81. The van der Waals surface area contributed by atoms with Gasteiger partial charge in [0, 0.05) is 6.08 Å². The summed E-state index contributed by atoms with van der Waals surface area (Å²) >= 11 is 0. The van der Waals surface area contributed by atoms with Crippen LogP contribution in [0.2, 0.25) is 0 Å². The summed E-state index contributed by atoms with van der Waals surface area (Å²) in [6.45, 7) is 5.90. The highest BCUT2D eigenvalue weighted by molar-refractivity contribution is 7.96. The van der Waals surface area contributed by atoms with Crippen molar-refractivity contribution in [3.63, 3.8) is 0 Å². The molecule has 0 spiro atoms. The van der Waals surface area contributed by atoms with E-state index in [-0.39, 0.29) is 10.3 Å². The molecule has 0 N–H and O–H groups in total. The fourth-order valence-corrected chi connectivity index (χ4v) is 3.35. The minimum absolute atomic E-state index is 0.0256. The van der Waals surface area contributed by atoms with E-state index in [4.69, 9.17) is 0 Å². The summed E-state index contributed by atoms with van der Waals surface area (Å²) in [5, 5.41) is 0. The Hall–Kier alpha value is -2.01. The number of sulfone groups is 1. The molecule has 0 amide bonds. The van der Waals surface area contributed by atoms with Crippen LogP contribution in [-0.2, 0) is 24.8 Å². The van der Waals surface area contributed by atoms with Gasteiger partial charge in [0.15, 0.2) is 11.6 Å². The summed E-state index contributed by atoms with van der Waals surface area (Å²) in [7, 11) is -3.99. The molecule has 110 valence electrons. The lowest BCUT2D eigenvalue weighted by atomic mass is 9.87. The molecule has 0 aromatic heterocycles. The highest BCUT2D eigenvalue weighted by atomic mass is 32.2. The van der Waals surface area contributed by atoms with Crippen molar-refractivity contribution in [3.05, 3.63) is 53.0 Å². The minimum Gasteiger partial charge on any atom is -0.290 e. The molecule has 0 heterocycles. The minimum atomic E-state index is -3.99. The molecule has 1 aromatic rings. The summed E-state index contributed by atoms with van der Waals surface area (Å²) in [5.74, 6) is -1.17. The van der Waals surface area contributed by atoms with Crippen LogP contribution in [0, 0.1) is 0 Å². The van der Waals surface area contributed by atoms with Crippen LogP contribution >= 0.6 is 0 Å². The maximum Gasteiger partial charge on any atom is 0.210 e. The summed E-state index contributed by atoms with van der Waals surface area (Å²) < 4.78 is 25.1. The zero-order valence-electron chi connectivity index (χ0n) is 12.1. The topological polar surface area (TPSA) is 68.3 Å². The van der Waals surface area contributed by atoms with E-state index in [0.717, 1.165) is 23.8 Å². The van der Waals surface area contributed by atoms with Crippen molar-refractivity contribution in [1.29, 1.82) is 0 Å². The lowest BCUT2D eigenvalue weighted by molar-refractivity contribution is -0.114. The Morgan fingerprint density at radius 3 is 2.29 bits per heavy atom. The van der Waals surface area contributed by atoms with Crippen LogP contribution in [0.5, 0.6) is 0 Å². The molecule has 5 heteroatoms. The molecule has 1 aliphatic carbocycles. The third-order valence-electron chi connectivity index (χ3n) is 3.22. The SMILES string of the molecule is CC(C)(C)c1cccc(S(=O)(=O)C2=CC(=O)C=CC2=O)c1. The number of allylic oxidation sites excluding steroid dienone is 4. The quantitative estimate of drug-likeness (QED) is 0.787. The molecule has 0 bridgehead atoms. The summed E-state index contributed by atoms with van der Waals surface area (Å²) in [6, 6.07) is 6.45. The number of carbonyl (C=O) groups excluding carboxylic acids is 2. The van der Waals surface area contributed by atoms with Crippen LogP contribution in [0.15, 0.2) is 52.3 Å². The third kappa shape index (κ3) is 3.03. The Labute approximate surface area is 124 Å². The van der Waals surface area contributed by atoms with E-state index in [1.807, 2.05) is 26.8 Å². The van der Waals surface area contributed by atoms with Gasteiger partial charge in [0.25, 0.3) is 0 Å². The van der Waals surface area contributed by atoms with E-state index in [1.54, 1.807) is 12.1 Å². The number of hydrogen-bond donors (Lipinski definition) is 0. The van der Waals surface area contributed by atoms with Gasteiger partial charge in [-0.2, -0.15) is 0 Å². The molecular formula is C16H16O4S. The standard InChI is InChI=1S/C16H16O4S/c1-16(2,3)11-5-4-6-13(9-11)21(19,20)15-10-12(17)7-8-14(15)18/h4-10H,1-3H3. The van der Waals surface area contributed by atoms with Crippen molar-refractivity contribution in [1.82, 2.24) is 0 Å². The predicted molar refractivity (Wildman–Crippen MR) is 79.6 cm³/mol. The van der Waals surface area contributed by atoms with E-state index in [9.17, 15) is 18.0 Å². The van der Waals surface area contributed by atoms with E-state index >= 15 is 0 Å². The first-order valence-corrected chi connectivity index (χ1v) is 7.94. The zero-order valence-corrected chi connectivity index (χ0v) is 12.9. The van der Waals surface area contributed by atoms with Crippen LogP contribution in [0.4, 0.5) is 0 Å². The Bertz CT molecular complexity index is 775. The van der Waals surface area contributed by atoms with Gasteiger partial charge in [0.05, 0.1) is 4.90 Å². The summed E-state index contributed by atoms with van der Waals surface area (Å²) in [6.07, 6.45) is 2.93. The molecular weight excluding hydrogens is 288 g/mol. The van der Waals surface area contributed by atoms with E-state index < -0.39 is 26.3 Å². The van der Waals surface area contributed by atoms with Crippen LogP contribution < -0.4 is 0 Å². The van der Waals surface area contributed by atoms with Crippen LogP contribution in [0.25, 0.3) is 0 Å². The maximum absolute atomic E-state index is 12.5. The normalized spacial score (nSPS) is 16.0. The Kier molecular flexibility index (Phi) is 3.72. The highest BCUT2D eigenvalue weighted by Gasteiger charge is 2.29. The highest BCUT2D eigenvalue weighted by Crippen LogP contribution is 2.28. The molecule has 0 unspecified atom stereocenters. The number of ketones is 2. The number of benzene rings is 1. The van der Waals surface area contributed by atoms with Gasteiger partial charge in [0.2, 0.25) is 9.84 Å². The first-order valence-electron chi connectivity index (χ1n) is 6.46. The van der Waals surface area contributed by atoms with Crippen molar-refractivity contribution in [2.75, 3.05) is 0 Å². The first-order chi connectivity index (χ1) is 9.62. The average Bonchev–Trinajstić information content (AvgIpc) is 2.40. The van der Waals surface area contributed by atoms with E-state index in [2.05, 4.69) is 0 Å². The van der Waals surface area contributed by atoms with Crippen LogP contribution in [0.1, 0.15) is 26.3 Å². The van der Waals surface area contributed by atoms with Gasteiger partial charge in [-0.1, -0.05) is 32.9 Å². The van der Waals surface area contributed by atoms with Crippen LogP contribution in [-0.4, -0.2) is 20.0 Å². The maximum atomic E-state index is 12.5. The largest absolute Gasteiger partial charge is 0.290 e. The van der Waals surface area contributed by atoms with Gasteiger partial charge in [-0.25, -0.2) is 8.42 Å². The van der Waals surface area contributed by atoms with E-state index in [1.165, 1.54) is 6.07 Å². The zero-order chi connectivity index (χ0) is 15.8. The lowest BCUT2D eigenvalue weighted by Crippen LogP contribution is -2.18. The van der Waals surface area contributed by atoms with Gasteiger partial charge >= 0.3 is 0 Å². The molecule has 0 radical (unpaired) electrons. The molecule has 2 rings (SSSR count). The van der Waals surface area contributed by atoms with Crippen molar-refractivity contribution in [3.8, 4) is 0 Å². The van der Waals surface area contributed by atoms with Gasteiger partial charge in [-0.15, -0.1) is 0 Å². The van der Waals surface area contributed by atoms with Gasteiger partial charge in [0.1, 0.15) is 4.91 Å². The van der Waals surface area contributed by atoms with Gasteiger partial charge in [-0.05, 0) is 35.3 Å². The second kappa shape index (κ2) is 5.07. The second-order valence-electron chi connectivity index (χ2n) is 5.89. The smallest absolute Gasteiger partial charge is 0.210 e. The number of hydrogen-bond acceptors (Lipinski definition) is 4. The lowest BCUT2D eigenvalue weighted by Gasteiger charge is -2.20. The molecule has 21 heavy (non-hydrogen) atoms. The van der Waals surface area contributed by atoms with Gasteiger partial charge in [-0.3, -0.25) is 9.59 Å². The average molecular weight is 304 g/mol. The van der Waals surface area contributed by atoms with Crippen molar-refractivity contribution in [2.45, 2.75) is 31.1 Å². The molecule has 0 aliphatic heterocycles. The Morgan fingerprint density at radius 2 is 1.67 bits per heavy atom. The molecule has 0 saturated carbocycles. The molecule has 0 fully saturated rings. The summed E-state index contributed by atoms with van der Waals surface area (Å²) in [4.78, 5) is 22.7. The van der Waals surface area contributed by atoms with Crippen molar-refractivity contribution >= 4 is 21.4 Å². The third-order valence-corrected chi connectivity index (χ3v) is 4.99. The van der Waals surface area contributed by atoms with Crippen molar-refractivity contribution in [2.24, 2.45) is 0 Å². The number of rotatable bonds is 2. The summed E-state index contributed by atoms with van der Waals surface area (Å²) in [5.41, 5.74) is 0.626. The first kappa shape index (κ1) is 15.4. The fourth-order valence-electron chi connectivity index (χ4n) is 1.96. The Balaban J connectivity index is 2.56. The molecule has 0 atom stereocenters. The molecule has 1 aromatic carbocycles.